The van der Waals surface area contributed by atoms with Gasteiger partial charge in [0.15, 0.2) is 18.1 Å². The molecule has 2 aromatic carbocycles. The molecule has 0 aliphatic heterocycles. The molecule has 0 aliphatic carbocycles. The number of halogens is 1. The van der Waals surface area contributed by atoms with Gasteiger partial charge in [-0.05, 0) is 41.8 Å². The fraction of sp³-hybridized carbons (Fsp3) is 0.300. The van der Waals surface area contributed by atoms with Crippen molar-refractivity contribution in [3.63, 3.8) is 0 Å². The summed E-state index contributed by atoms with van der Waals surface area (Å²) in [5, 5.41) is 3.28. The molecule has 6 nitrogen and oxygen atoms in total. The monoisotopic (exact) mass is 391 g/mol. The maximum Gasteiger partial charge on any atom is 0.306 e. The van der Waals surface area contributed by atoms with Gasteiger partial charge in [-0.3, -0.25) is 9.59 Å². The number of carbonyl (C=O) groups is 2. The Kier molecular flexibility index (Phi) is 7.95. The molecule has 2 rings (SSSR count). The lowest BCUT2D eigenvalue weighted by molar-refractivity contribution is -0.148. The Morgan fingerprint density at radius 1 is 1.00 bits per heavy atom. The smallest absolute Gasteiger partial charge is 0.306 e. The number of methoxy groups -OCH3 is 2. The zero-order valence-electron chi connectivity index (χ0n) is 15.3. The Morgan fingerprint density at radius 3 is 2.48 bits per heavy atom. The van der Waals surface area contributed by atoms with E-state index < -0.39 is 5.97 Å². The number of aryl methyl sites for hydroxylation is 1. The Bertz CT molecular complexity index is 794. The van der Waals surface area contributed by atoms with E-state index >= 15 is 0 Å². The van der Waals surface area contributed by atoms with Crippen LogP contribution in [0.3, 0.4) is 0 Å². The molecule has 0 spiro atoms. The molecule has 1 amide bonds. The van der Waals surface area contributed by atoms with Crippen molar-refractivity contribution < 1.29 is 23.8 Å². The van der Waals surface area contributed by atoms with Crippen LogP contribution in [0.1, 0.15) is 17.5 Å². The number of rotatable bonds is 9. The molecule has 144 valence electrons. The third-order valence-corrected chi connectivity index (χ3v) is 4.04. The van der Waals surface area contributed by atoms with E-state index in [0.29, 0.717) is 29.5 Å². The third-order valence-electron chi connectivity index (χ3n) is 3.81. The van der Waals surface area contributed by atoms with Gasteiger partial charge >= 0.3 is 5.97 Å². The number of nitrogens with one attached hydrogen (secondary N) is 1. The largest absolute Gasteiger partial charge is 0.493 e. The van der Waals surface area contributed by atoms with Crippen molar-refractivity contribution in [2.24, 2.45) is 0 Å². The number of esters is 1. The molecule has 1 N–H and O–H groups in total. The molecular formula is C20H22ClNO5. The van der Waals surface area contributed by atoms with E-state index in [0.717, 1.165) is 11.1 Å². The molecule has 2 aromatic rings. The topological polar surface area (TPSA) is 73.9 Å². The van der Waals surface area contributed by atoms with E-state index in [1.165, 1.54) is 0 Å². The molecule has 0 bridgehead atoms. The number of hydrogen-bond donors (Lipinski definition) is 1. The minimum absolute atomic E-state index is 0.164. The molecule has 0 saturated carbocycles. The molecule has 0 saturated heterocycles. The van der Waals surface area contributed by atoms with E-state index in [1.807, 2.05) is 18.2 Å². The minimum atomic E-state index is -0.442. The number of benzene rings is 2. The van der Waals surface area contributed by atoms with E-state index in [2.05, 4.69) is 5.32 Å². The molecule has 0 radical (unpaired) electrons. The Hall–Kier alpha value is -2.73. The predicted molar refractivity (Wildman–Crippen MR) is 102 cm³/mol. The van der Waals surface area contributed by atoms with Crippen molar-refractivity contribution in [3.8, 4) is 11.5 Å². The average Bonchev–Trinajstić information content (AvgIpc) is 2.68. The van der Waals surface area contributed by atoms with Crippen LogP contribution in [0.25, 0.3) is 0 Å². The molecule has 0 atom stereocenters. The summed E-state index contributed by atoms with van der Waals surface area (Å²) >= 11 is 5.89. The molecular weight excluding hydrogens is 370 g/mol. The number of ether oxygens (including phenoxy) is 3. The van der Waals surface area contributed by atoms with Crippen molar-refractivity contribution >= 4 is 23.5 Å². The molecule has 0 fully saturated rings. The van der Waals surface area contributed by atoms with Crippen LogP contribution in [0.15, 0.2) is 42.5 Å². The summed E-state index contributed by atoms with van der Waals surface area (Å²) in [5.41, 5.74) is 1.78. The maximum atomic E-state index is 11.8. The van der Waals surface area contributed by atoms with Gasteiger partial charge in [-0.25, -0.2) is 0 Å². The summed E-state index contributed by atoms with van der Waals surface area (Å²) in [4.78, 5) is 23.6. The third kappa shape index (κ3) is 6.83. The summed E-state index contributed by atoms with van der Waals surface area (Å²) in [6, 6.07) is 12.6. The Labute approximate surface area is 163 Å². The summed E-state index contributed by atoms with van der Waals surface area (Å²) in [7, 11) is 3.12. The van der Waals surface area contributed by atoms with Crippen molar-refractivity contribution in [2.75, 3.05) is 20.8 Å². The van der Waals surface area contributed by atoms with Crippen molar-refractivity contribution in [2.45, 2.75) is 19.4 Å². The lowest BCUT2D eigenvalue weighted by Gasteiger charge is -2.10. The van der Waals surface area contributed by atoms with Gasteiger partial charge in [0.1, 0.15) is 0 Å². The number of amides is 1. The summed E-state index contributed by atoms with van der Waals surface area (Å²) in [6.07, 6.45) is 0.639. The fourth-order valence-corrected chi connectivity index (χ4v) is 2.61. The minimum Gasteiger partial charge on any atom is -0.493 e. The second-order valence-electron chi connectivity index (χ2n) is 5.76. The van der Waals surface area contributed by atoms with Crippen molar-refractivity contribution in [1.29, 1.82) is 0 Å². The van der Waals surface area contributed by atoms with Gasteiger partial charge in [0, 0.05) is 18.0 Å². The second-order valence-corrected chi connectivity index (χ2v) is 6.19. The Morgan fingerprint density at radius 2 is 1.78 bits per heavy atom. The zero-order chi connectivity index (χ0) is 19.6. The highest BCUT2D eigenvalue weighted by Gasteiger charge is 2.10. The normalized spacial score (nSPS) is 10.2. The van der Waals surface area contributed by atoms with Crippen LogP contribution in [-0.4, -0.2) is 32.7 Å². The van der Waals surface area contributed by atoms with Gasteiger partial charge in [0.2, 0.25) is 0 Å². The van der Waals surface area contributed by atoms with Crippen LogP contribution < -0.4 is 14.8 Å². The number of carbonyl (C=O) groups excluding carboxylic acids is 2. The molecule has 0 aromatic heterocycles. The van der Waals surface area contributed by atoms with Crippen molar-refractivity contribution in [3.05, 3.63) is 58.6 Å². The average molecular weight is 392 g/mol. The van der Waals surface area contributed by atoms with Crippen LogP contribution in [0.4, 0.5) is 0 Å². The quantitative estimate of drug-likeness (QED) is 0.665. The lowest BCUT2D eigenvalue weighted by atomic mass is 10.1. The number of hydrogen-bond acceptors (Lipinski definition) is 5. The van der Waals surface area contributed by atoms with Gasteiger partial charge < -0.3 is 19.5 Å². The first-order valence-corrected chi connectivity index (χ1v) is 8.77. The van der Waals surface area contributed by atoms with Crippen LogP contribution in [0.2, 0.25) is 5.02 Å². The molecule has 0 aliphatic rings. The zero-order valence-corrected chi connectivity index (χ0v) is 16.0. The van der Waals surface area contributed by atoms with E-state index in [1.54, 1.807) is 38.5 Å². The first kappa shape index (κ1) is 20.6. The van der Waals surface area contributed by atoms with Crippen molar-refractivity contribution in [1.82, 2.24) is 5.32 Å². The van der Waals surface area contributed by atoms with Crippen LogP contribution in [-0.2, 0) is 27.3 Å². The SMILES string of the molecule is COc1ccc(CCC(=O)OCC(=O)NCc2cccc(Cl)c2)cc1OC. The highest BCUT2D eigenvalue weighted by atomic mass is 35.5. The van der Waals surface area contributed by atoms with E-state index in [9.17, 15) is 9.59 Å². The van der Waals surface area contributed by atoms with Gasteiger partial charge in [-0.2, -0.15) is 0 Å². The molecule has 0 unspecified atom stereocenters. The van der Waals surface area contributed by atoms with Crippen LogP contribution in [0.5, 0.6) is 11.5 Å². The standard InChI is InChI=1S/C20H22ClNO5/c1-25-17-8-6-14(11-18(17)26-2)7-9-20(24)27-13-19(23)22-12-15-4-3-5-16(21)10-15/h3-6,8,10-11H,7,9,12-13H2,1-2H3,(H,22,23). The van der Waals surface area contributed by atoms with E-state index in [4.69, 9.17) is 25.8 Å². The fourth-order valence-electron chi connectivity index (χ4n) is 2.40. The van der Waals surface area contributed by atoms with Crippen LogP contribution in [0, 0.1) is 0 Å². The molecule has 27 heavy (non-hydrogen) atoms. The predicted octanol–water partition coefficient (Wildman–Crippen LogP) is 3.15. The molecule has 7 heteroatoms. The first-order valence-electron chi connectivity index (χ1n) is 8.39. The Balaban J connectivity index is 1.72. The maximum absolute atomic E-state index is 11.8. The highest BCUT2D eigenvalue weighted by molar-refractivity contribution is 6.30. The van der Waals surface area contributed by atoms with E-state index in [-0.39, 0.29) is 18.9 Å². The molecule has 0 heterocycles. The van der Waals surface area contributed by atoms with Crippen LogP contribution >= 0.6 is 11.6 Å². The van der Waals surface area contributed by atoms with Gasteiger partial charge in [0.25, 0.3) is 5.91 Å². The second kappa shape index (κ2) is 10.4. The van der Waals surface area contributed by atoms with Gasteiger partial charge in [-0.15, -0.1) is 0 Å². The lowest BCUT2D eigenvalue weighted by Crippen LogP contribution is -2.28. The highest BCUT2D eigenvalue weighted by Crippen LogP contribution is 2.27. The summed E-state index contributed by atoms with van der Waals surface area (Å²) in [5.74, 6) is 0.418. The summed E-state index contributed by atoms with van der Waals surface area (Å²) in [6.45, 7) is 0.00786. The first-order chi connectivity index (χ1) is 13.0. The van der Waals surface area contributed by atoms with Gasteiger partial charge in [0.05, 0.1) is 14.2 Å². The van der Waals surface area contributed by atoms with Gasteiger partial charge in [-0.1, -0.05) is 29.8 Å². The summed E-state index contributed by atoms with van der Waals surface area (Å²) < 4.78 is 15.4.